The Morgan fingerprint density at radius 1 is 0.371 bits per heavy atom. The van der Waals surface area contributed by atoms with Gasteiger partial charge in [0.2, 0.25) is 0 Å². The zero-order valence-corrected chi connectivity index (χ0v) is 35.6. The molecule has 0 radical (unpaired) electrons. The second-order valence-corrected chi connectivity index (χ2v) is 19.5. The molecule has 4 unspecified atom stereocenters. The first-order valence-electron chi connectivity index (χ1n) is 22.9. The minimum Gasteiger partial charge on any atom is -0.0767 e. The van der Waals surface area contributed by atoms with Gasteiger partial charge in [0.05, 0.1) is 0 Å². The van der Waals surface area contributed by atoms with Crippen molar-refractivity contribution >= 4 is 49.8 Å². The molecule has 0 nitrogen and oxygen atoms in total. The average molecular weight is 789 g/mol. The number of allylic oxidation sites excluding steroid dienone is 16. The van der Waals surface area contributed by atoms with Crippen molar-refractivity contribution in [3.8, 4) is 33.4 Å². The predicted octanol–water partition coefficient (Wildman–Crippen LogP) is 13.7. The van der Waals surface area contributed by atoms with Crippen molar-refractivity contribution in [3.63, 3.8) is 0 Å². The van der Waals surface area contributed by atoms with Gasteiger partial charge in [-0.3, -0.25) is 0 Å². The Bertz CT molecular complexity index is 3660. The van der Waals surface area contributed by atoms with Gasteiger partial charge in [0.15, 0.2) is 0 Å². The molecular formula is C62H44. The lowest BCUT2D eigenvalue weighted by atomic mass is 9.62. The maximum atomic E-state index is 2.63. The van der Waals surface area contributed by atoms with E-state index in [0.717, 1.165) is 12.8 Å². The highest BCUT2D eigenvalue weighted by Crippen LogP contribution is 2.65. The van der Waals surface area contributed by atoms with E-state index in [-0.39, 0.29) is 11.8 Å². The maximum Gasteiger partial charge on any atom is 0.0212 e. The second kappa shape index (κ2) is 11.6. The lowest BCUT2D eigenvalue weighted by molar-refractivity contribution is 0.688. The number of benzene rings is 6. The summed E-state index contributed by atoms with van der Waals surface area (Å²) in [6, 6.07) is 33.6. The second-order valence-electron chi connectivity index (χ2n) is 19.5. The van der Waals surface area contributed by atoms with Gasteiger partial charge >= 0.3 is 0 Å². The van der Waals surface area contributed by atoms with Crippen molar-refractivity contribution < 1.29 is 0 Å². The Kier molecular flexibility index (Phi) is 6.33. The monoisotopic (exact) mass is 788 g/mol. The largest absolute Gasteiger partial charge is 0.0767 e. The molecule has 0 N–H and O–H groups in total. The van der Waals surface area contributed by atoms with Crippen LogP contribution < -0.4 is 10.4 Å². The SMILES string of the molecule is Cc1ccc(C)c(-c2c3c(c(-c4cc(C)ccc4C)c4cc5c(cc24)C2=CC=CC4C=CC=C5C24)C2=CC=C4c5ccc6c7c5=C(CCC=7c5ccccc5-6)C5=CC=C3C2C54)c1. The van der Waals surface area contributed by atoms with E-state index in [4.69, 9.17) is 0 Å². The quantitative estimate of drug-likeness (QED) is 0.164. The van der Waals surface area contributed by atoms with E-state index in [1.807, 2.05) is 0 Å². The zero-order chi connectivity index (χ0) is 40.9. The lowest BCUT2D eigenvalue weighted by Gasteiger charge is -2.41. The highest BCUT2D eigenvalue weighted by atomic mass is 14.5. The molecule has 0 saturated heterocycles. The summed E-state index contributed by atoms with van der Waals surface area (Å²) in [4.78, 5) is 0. The van der Waals surface area contributed by atoms with Crippen LogP contribution in [0.5, 0.6) is 0 Å². The summed E-state index contributed by atoms with van der Waals surface area (Å²) in [6.07, 6.45) is 26.7. The van der Waals surface area contributed by atoms with Gasteiger partial charge in [0.1, 0.15) is 0 Å². The van der Waals surface area contributed by atoms with Crippen molar-refractivity contribution in [1.29, 1.82) is 0 Å². The number of hydrogen-bond acceptors (Lipinski definition) is 0. The molecule has 292 valence electrons. The summed E-state index contributed by atoms with van der Waals surface area (Å²) in [7, 11) is 0. The molecule has 0 aliphatic heterocycles. The minimum atomic E-state index is 0.250. The van der Waals surface area contributed by atoms with Crippen LogP contribution in [-0.2, 0) is 0 Å². The molecular weight excluding hydrogens is 745 g/mol. The molecule has 9 aliphatic carbocycles. The fourth-order valence-corrected chi connectivity index (χ4v) is 13.9. The van der Waals surface area contributed by atoms with E-state index in [9.17, 15) is 0 Å². The normalized spacial score (nSPS) is 22.8. The van der Waals surface area contributed by atoms with E-state index in [1.165, 1.54) is 138 Å². The molecule has 0 saturated carbocycles. The van der Waals surface area contributed by atoms with Gasteiger partial charge in [-0.2, -0.15) is 0 Å². The topological polar surface area (TPSA) is 0 Å². The molecule has 15 rings (SSSR count). The molecule has 0 bridgehead atoms. The van der Waals surface area contributed by atoms with Crippen molar-refractivity contribution in [1.82, 2.24) is 0 Å². The van der Waals surface area contributed by atoms with E-state index in [0.29, 0.717) is 11.8 Å². The lowest BCUT2D eigenvalue weighted by Crippen LogP contribution is -2.41. The molecule has 6 aromatic carbocycles. The number of fused-ring (bicyclic) bond motifs is 12. The van der Waals surface area contributed by atoms with Crippen LogP contribution in [0.3, 0.4) is 0 Å². The minimum absolute atomic E-state index is 0.250. The molecule has 0 amide bonds. The van der Waals surface area contributed by atoms with Crippen molar-refractivity contribution in [2.75, 3.05) is 0 Å². The van der Waals surface area contributed by atoms with E-state index in [1.54, 1.807) is 16.7 Å². The summed E-state index contributed by atoms with van der Waals surface area (Å²) in [5, 5.41) is 5.79. The standard InChI is InChI=1S/C62H44/c1-31-15-17-33(3)48(27-31)59-52-29-50-38-13-7-9-35-10-8-14-39(54(35)38)51(50)30-53(52)60(49-28-32(2)16-18-34(49)4)62-47-26-24-45-43-22-20-41-37-12-6-5-11-36(37)40-19-21-42(56(43)55(40)41)44-23-25-46(61(59)62)58(47)57(44)45/h5-19,21,23-30,35,54,57-58H,20,22H2,1-4H3. The van der Waals surface area contributed by atoms with E-state index in [2.05, 4.69) is 173 Å². The van der Waals surface area contributed by atoms with E-state index < -0.39 is 0 Å². The van der Waals surface area contributed by atoms with Gasteiger partial charge in [-0.1, -0.05) is 145 Å². The first kappa shape index (κ1) is 33.9. The highest BCUT2D eigenvalue weighted by Gasteiger charge is 2.49. The smallest absolute Gasteiger partial charge is 0.0212 e. The third kappa shape index (κ3) is 4.01. The Hall–Kier alpha value is -6.76. The Morgan fingerprint density at radius 3 is 1.53 bits per heavy atom. The fraction of sp³-hybridized carbons (Fsp3) is 0.161. The maximum absolute atomic E-state index is 2.63. The van der Waals surface area contributed by atoms with Gasteiger partial charge in [-0.25, -0.2) is 0 Å². The molecule has 0 heteroatoms. The zero-order valence-electron chi connectivity index (χ0n) is 35.6. The summed E-state index contributed by atoms with van der Waals surface area (Å²) in [5.41, 5.74) is 34.4. The first-order valence-corrected chi connectivity index (χ1v) is 22.9. The third-order valence-electron chi connectivity index (χ3n) is 16.4. The molecule has 0 fully saturated rings. The van der Waals surface area contributed by atoms with Crippen molar-refractivity contribution in [2.45, 2.75) is 40.5 Å². The average Bonchev–Trinajstić information content (AvgIpc) is 3.93. The van der Waals surface area contributed by atoms with Crippen LogP contribution in [0.1, 0.15) is 68.5 Å². The van der Waals surface area contributed by atoms with Gasteiger partial charge in [-0.05, 0) is 196 Å². The first-order chi connectivity index (χ1) is 30.4. The Morgan fingerprint density at radius 2 is 0.887 bits per heavy atom. The predicted molar refractivity (Wildman–Crippen MR) is 260 cm³/mol. The summed E-state index contributed by atoms with van der Waals surface area (Å²) in [5.74, 6) is 1.32. The molecule has 9 aliphatic rings. The molecule has 0 aromatic heterocycles. The van der Waals surface area contributed by atoms with Crippen molar-refractivity contribution in [2.24, 2.45) is 23.7 Å². The van der Waals surface area contributed by atoms with Gasteiger partial charge < -0.3 is 0 Å². The van der Waals surface area contributed by atoms with Crippen LogP contribution in [0.25, 0.3) is 83.2 Å². The van der Waals surface area contributed by atoms with Crippen LogP contribution >= 0.6 is 0 Å². The highest BCUT2D eigenvalue weighted by molar-refractivity contribution is 6.21. The molecule has 0 spiro atoms. The number of hydrogen-bond donors (Lipinski definition) is 0. The van der Waals surface area contributed by atoms with Gasteiger partial charge in [-0.15, -0.1) is 0 Å². The van der Waals surface area contributed by atoms with Crippen LogP contribution in [0.15, 0.2) is 151 Å². The van der Waals surface area contributed by atoms with E-state index >= 15 is 0 Å². The molecule has 4 atom stereocenters. The summed E-state index contributed by atoms with van der Waals surface area (Å²) < 4.78 is 0. The van der Waals surface area contributed by atoms with Crippen LogP contribution in [-0.4, -0.2) is 0 Å². The third-order valence-corrected chi connectivity index (χ3v) is 16.4. The van der Waals surface area contributed by atoms with Gasteiger partial charge in [0, 0.05) is 23.7 Å². The van der Waals surface area contributed by atoms with Gasteiger partial charge in [0.25, 0.3) is 0 Å². The fourth-order valence-electron chi connectivity index (χ4n) is 13.9. The Labute approximate surface area is 363 Å². The van der Waals surface area contributed by atoms with Crippen LogP contribution in [0.2, 0.25) is 0 Å². The Balaban J connectivity index is 1.10. The van der Waals surface area contributed by atoms with Crippen LogP contribution in [0.4, 0.5) is 0 Å². The molecule has 6 aromatic rings. The van der Waals surface area contributed by atoms with Crippen molar-refractivity contribution in [3.05, 3.63) is 217 Å². The molecule has 0 heterocycles. The number of aryl methyl sites for hydroxylation is 4. The summed E-state index contributed by atoms with van der Waals surface area (Å²) in [6.45, 7) is 9.20. The summed E-state index contributed by atoms with van der Waals surface area (Å²) >= 11 is 0. The molecule has 62 heavy (non-hydrogen) atoms. The van der Waals surface area contributed by atoms with Crippen LogP contribution in [0, 0.1) is 51.4 Å². The number of rotatable bonds is 2.